The second-order valence-corrected chi connectivity index (χ2v) is 5.57. The molecule has 0 bridgehead atoms. The molecule has 1 aromatic rings. The fourth-order valence-electron chi connectivity index (χ4n) is 2.42. The second kappa shape index (κ2) is 6.71. The highest BCUT2D eigenvalue weighted by atomic mass is 16.5. The first kappa shape index (κ1) is 15.7. The maximum Gasteiger partial charge on any atom is 0.327 e. The minimum absolute atomic E-state index is 0.226. The van der Waals surface area contributed by atoms with E-state index in [0.717, 1.165) is 23.2 Å². The third-order valence-corrected chi connectivity index (χ3v) is 3.19. The van der Waals surface area contributed by atoms with E-state index in [1.165, 1.54) is 12.7 Å². The van der Waals surface area contributed by atoms with Gasteiger partial charge in [-0.2, -0.15) is 0 Å². The summed E-state index contributed by atoms with van der Waals surface area (Å²) >= 11 is 0. The van der Waals surface area contributed by atoms with Crippen molar-refractivity contribution in [3.63, 3.8) is 0 Å². The molecule has 0 fully saturated rings. The molecule has 0 saturated carbocycles. The molecule has 1 rings (SSSR count). The Morgan fingerprint density at radius 1 is 1.21 bits per heavy atom. The summed E-state index contributed by atoms with van der Waals surface area (Å²) in [5.74, 6) is 0.258. The molecule has 0 radical (unpaired) electrons. The van der Waals surface area contributed by atoms with E-state index < -0.39 is 0 Å². The molecule has 1 unspecified atom stereocenters. The number of esters is 1. The predicted molar refractivity (Wildman–Crippen MR) is 78.3 cm³/mol. The van der Waals surface area contributed by atoms with Crippen molar-refractivity contribution in [2.75, 3.05) is 13.7 Å². The van der Waals surface area contributed by atoms with Crippen molar-refractivity contribution in [2.24, 2.45) is 5.92 Å². The van der Waals surface area contributed by atoms with Crippen molar-refractivity contribution < 1.29 is 9.53 Å². The van der Waals surface area contributed by atoms with Gasteiger partial charge in [-0.15, -0.1) is 0 Å². The quantitative estimate of drug-likeness (QED) is 0.830. The number of aryl methyl sites for hydroxylation is 3. The number of carbonyl (C=O) groups excluding carboxylic acids is 1. The Bertz CT molecular complexity index is 429. The van der Waals surface area contributed by atoms with Crippen molar-refractivity contribution in [1.29, 1.82) is 0 Å². The minimum atomic E-state index is -0.381. The average molecular weight is 263 g/mol. The maximum atomic E-state index is 12.0. The molecule has 0 aliphatic carbocycles. The molecule has 3 nitrogen and oxygen atoms in total. The third-order valence-electron chi connectivity index (χ3n) is 3.19. The van der Waals surface area contributed by atoms with Crippen LogP contribution < -0.4 is 5.32 Å². The van der Waals surface area contributed by atoms with E-state index in [2.05, 4.69) is 38.2 Å². The molecule has 0 aliphatic heterocycles. The molecule has 0 saturated heterocycles. The molecule has 3 heteroatoms. The Balaban J connectivity index is 3.13. The van der Waals surface area contributed by atoms with Gasteiger partial charge in [0.15, 0.2) is 0 Å². The molecular formula is C16H25NO2. The Hall–Kier alpha value is -1.35. The standard InChI is InChI=1S/C16H25NO2/c1-10(2)9-17-15(16(18)19-6)14-12(4)7-11(3)8-13(14)5/h7-8,10,15,17H,9H2,1-6H3. The van der Waals surface area contributed by atoms with Crippen LogP contribution in [0.2, 0.25) is 0 Å². The maximum absolute atomic E-state index is 12.0. The highest BCUT2D eigenvalue weighted by Crippen LogP contribution is 2.24. The lowest BCUT2D eigenvalue weighted by atomic mass is 9.93. The molecule has 106 valence electrons. The fourth-order valence-corrected chi connectivity index (χ4v) is 2.42. The van der Waals surface area contributed by atoms with E-state index in [-0.39, 0.29) is 12.0 Å². The SMILES string of the molecule is COC(=O)C(NCC(C)C)c1c(C)cc(C)cc1C. The lowest BCUT2D eigenvalue weighted by molar-refractivity contribution is -0.143. The number of ether oxygens (including phenoxy) is 1. The monoisotopic (exact) mass is 263 g/mol. The molecule has 1 aromatic carbocycles. The van der Waals surface area contributed by atoms with Crippen molar-refractivity contribution in [3.8, 4) is 0 Å². The normalized spacial score (nSPS) is 12.6. The summed E-state index contributed by atoms with van der Waals surface area (Å²) in [6.45, 7) is 11.2. The van der Waals surface area contributed by atoms with Crippen LogP contribution in [0, 0.1) is 26.7 Å². The molecule has 1 atom stereocenters. The van der Waals surface area contributed by atoms with Gasteiger partial charge in [0.2, 0.25) is 0 Å². The summed E-state index contributed by atoms with van der Waals surface area (Å²) in [4.78, 5) is 12.0. The smallest absolute Gasteiger partial charge is 0.327 e. The molecule has 19 heavy (non-hydrogen) atoms. The number of carbonyl (C=O) groups is 1. The van der Waals surface area contributed by atoms with Gasteiger partial charge in [0.1, 0.15) is 6.04 Å². The van der Waals surface area contributed by atoms with Crippen LogP contribution in [-0.2, 0) is 9.53 Å². The van der Waals surface area contributed by atoms with E-state index in [1.54, 1.807) is 0 Å². The molecule has 1 N–H and O–H groups in total. The van der Waals surface area contributed by atoms with Gasteiger partial charge in [-0.1, -0.05) is 31.5 Å². The molecule has 0 aromatic heterocycles. The van der Waals surface area contributed by atoms with Gasteiger partial charge < -0.3 is 10.1 Å². The lowest BCUT2D eigenvalue weighted by Gasteiger charge is -2.22. The van der Waals surface area contributed by atoms with Gasteiger partial charge in [0.25, 0.3) is 0 Å². The van der Waals surface area contributed by atoms with Crippen LogP contribution in [0.3, 0.4) is 0 Å². The van der Waals surface area contributed by atoms with Crippen LogP contribution in [-0.4, -0.2) is 19.6 Å². The molecule has 0 amide bonds. The van der Waals surface area contributed by atoms with E-state index in [0.29, 0.717) is 5.92 Å². The van der Waals surface area contributed by atoms with Crippen molar-refractivity contribution >= 4 is 5.97 Å². The Kier molecular flexibility index (Phi) is 5.55. The van der Waals surface area contributed by atoms with Gasteiger partial charge in [-0.25, -0.2) is 4.79 Å². The zero-order valence-corrected chi connectivity index (χ0v) is 12.8. The first-order valence-corrected chi connectivity index (χ1v) is 6.75. The van der Waals surface area contributed by atoms with E-state index in [9.17, 15) is 4.79 Å². The van der Waals surface area contributed by atoms with E-state index in [1.807, 2.05) is 13.8 Å². The van der Waals surface area contributed by atoms with Gasteiger partial charge in [0, 0.05) is 0 Å². The second-order valence-electron chi connectivity index (χ2n) is 5.57. The molecule has 0 heterocycles. The first-order chi connectivity index (χ1) is 8.86. The molecule has 0 spiro atoms. The minimum Gasteiger partial charge on any atom is -0.468 e. The van der Waals surface area contributed by atoms with Crippen LogP contribution >= 0.6 is 0 Å². The van der Waals surface area contributed by atoms with Crippen LogP contribution in [0.5, 0.6) is 0 Å². The topological polar surface area (TPSA) is 38.3 Å². The summed E-state index contributed by atoms with van der Waals surface area (Å²) in [6.07, 6.45) is 0. The highest BCUT2D eigenvalue weighted by molar-refractivity contribution is 5.78. The van der Waals surface area contributed by atoms with Crippen molar-refractivity contribution in [2.45, 2.75) is 40.7 Å². The molecular weight excluding hydrogens is 238 g/mol. The van der Waals surface area contributed by atoms with E-state index >= 15 is 0 Å². The highest BCUT2D eigenvalue weighted by Gasteiger charge is 2.24. The summed E-state index contributed by atoms with van der Waals surface area (Å²) in [7, 11) is 1.44. The predicted octanol–water partition coefficient (Wildman–Crippen LogP) is 3.07. The number of nitrogens with one attached hydrogen (secondary N) is 1. The summed E-state index contributed by atoms with van der Waals surface area (Å²) in [5.41, 5.74) is 4.51. The Labute approximate surface area is 116 Å². The van der Waals surface area contributed by atoms with Gasteiger partial charge >= 0.3 is 5.97 Å². The van der Waals surface area contributed by atoms with Gasteiger partial charge in [0.05, 0.1) is 7.11 Å². The number of hydrogen-bond acceptors (Lipinski definition) is 3. The number of rotatable bonds is 5. The lowest BCUT2D eigenvalue weighted by Crippen LogP contribution is -2.33. The van der Waals surface area contributed by atoms with Crippen molar-refractivity contribution in [3.05, 3.63) is 34.4 Å². The largest absolute Gasteiger partial charge is 0.468 e. The summed E-state index contributed by atoms with van der Waals surface area (Å²) < 4.78 is 4.94. The zero-order valence-electron chi connectivity index (χ0n) is 12.8. The van der Waals surface area contributed by atoms with E-state index in [4.69, 9.17) is 4.74 Å². The summed E-state index contributed by atoms with van der Waals surface area (Å²) in [6, 6.07) is 3.83. The Morgan fingerprint density at radius 3 is 2.16 bits per heavy atom. The summed E-state index contributed by atoms with van der Waals surface area (Å²) in [5, 5.41) is 3.31. The third kappa shape index (κ3) is 4.06. The number of hydrogen-bond donors (Lipinski definition) is 1. The van der Waals surface area contributed by atoms with Gasteiger partial charge in [-0.05, 0) is 49.9 Å². The number of methoxy groups -OCH3 is 1. The van der Waals surface area contributed by atoms with Crippen LogP contribution in [0.1, 0.15) is 42.1 Å². The van der Waals surface area contributed by atoms with Crippen LogP contribution in [0.25, 0.3) is 0 Å². The van der Waals surface area contributed by atoms with Crippen LogP contribution in [0.4, 0.5) is 0 Å². The number of benzene rings is 1. The fraction of sp³-hybridized carbons (Fsp3) is 0.562. The average Bonchev–Trinajstić information content (AvgIpc) is 2.30. The van der Waals surface area contributed by atoms with Gasteiger partial charge in [-0.3, -0.25) is 0 Å². The Morgan fingerprint density at radius 2 is 1.74 bits per heavy atom. The van der Waals surface area contributed by atoms with Crippen LogP contribution in [0.15, 0.2) is 12.1 Å². The zero-order chi connectivity index (χ0) is 14.6. The van der Waals surface area contributed by atoms with Crippen molar-refractivity contribution in [1.82, 2.24) is 5.32 Å². The first-order valence-electron chi connectivity index (χ1n) is 6.75. The molecule has 0 aliphatic rings.